The number of hydrogen-bond acceptors (Lipinski definition) is 5. The number of likely N-dealkylation sites (tertiary alicyclic amines) is 1. The summed E-state index contributed by atoms with van der Waals surface area (Å²) in [5.74, 6) is -2.04. The van der Waals surface area contributed by atoms with Crippen LogP contribution in [0.3, 0.4) is 0 Å². The van der Waals surface area contributed by atoms with Crippen LogP contribution in [0.5, 0.6) is 5.88 Å². The van der Waals surface area contributed by atoms with Gasteiger partial charge in [0, 0.05) is 18.8 Å². The van der Waals surface area contributed by atoms with Gasteiger partial charge in [-0.25, -0.2) is 23.7 Å². The van der Waals surface area contributed by atoms with Gasteiger partial charge in [0.2, 0.25) is 5.88 Å². The third-order valence-corrected chi connectivity index (χ3v) is 5.10. The van der Waals surface area contributed by atoms with E-state index < -0.39 is 35.4 Å². The van der Waals surface area contributed by atoms with Crippen molar-refractivity contribution in [3.05, 3.63) is 71.7 Å². The lowest BCUT2D eigenvalue weighted by molar-refractivity contribution is -0.137. The van der Waals surface area contributed by atoms with Gasteiger partial charge in [-0.1, -0.05) is 6.07 Å². The van der Waals surface area contributed by atoms with Crippen molar-refractivity contribution in [3.8, 4) is 17.3 Å². The summed E-state index contributed by atoms with van der Waals surface area (Å²) in [5, 5.41) is 0. The molecule has 4 rings (SSSR count). The number of nitrogens with zero attached hydrogens (tertiary/aromatic N) is 4. The molecule has 33 heavy (non-hydrogen) atoms. The lowest BCUT2D eigenvalue weighted by Gasteiger charge is -2.33. The van der Waals surface area contributed by atoms with E-state index in [4.69, 9.17) is 4.74 Å². The zero-order valence-corrected chi connectivity index (χ0v) is 17.0. The number of benzene rings is 1. The number of carbonyl (C=O) groups is 1. The molecule has 1 fully saturated rings. The summed E-state index contributed by atoms with van der Waals surface area (Å²) in [7, 11) is 0. The van der Waals surface area contributed by atoms with Gasteiger partial charge < -0.3 is 9.64 Å². The Hall–Kier alpha value is -3.63. The average Bonchev–Trinajstić information content (AvgIpc) is 2.79. The molecule has 0 aliphatic carbocycles. The van der Waals surface area contributed by atoms with Crippen LogP contribution in [0.25, 0.3) is 11.4 Å². The van der Waals surface area contributed by atoms with E-state index in [9.17, 15) is 26.7 Å². The van der Waals surface area contributed by atoms with Crippen LogP contribution in [0.2, 0.25) is 0 Å². The van der Waals surface area contributed by atoms with Crippen molar-refractivity contribution in [2.75, 3.05) is 13.1 Å². The maximum atomic E-state index is 14.6. The second-order valence-corrected chi connectivity index (χ2v) is 7.40. The van der Waals surface area contributed by atoms with Crippen LogP contribution in [-0.2, 0) is 6.18 Å². The zero-order chi connectivity index (χ0) is 23.6. The maximum absolute atomic E-state index is 14.6. The van der Waals surface area contributed by atoms with Gasteiger partial charge in [-0.15, -0.1) is 0 Å². The predicted octanol–water partition coefficient (Wildman–Crippen LogP) is 4.52. The van der Waals surface area contributed by atoms with E-state index in [2.05, 4.69) is 15.0 Å². The number of carbonyl (C=O) groups excluding carboxylic acids is 1. The highest BCUT2D eigenvalue weighted by atomic mass is 19.4. The number of alkyl halides is 3. The van der Waals surface area contributed by atoms with E-state index in [0.29, 0.717) is 25.6 Å². The number of hydrogen-bond donors (Lipinski definition) is 0. The molecule has 2 aromatic heterocycles. The molecule has 0 radical (unpaired) electrons. The summed E-state index contributed by atoms with van der Waals surface area (Å²) in [5.41, 5.74) is -1.03. The summed E-state index contributed by atoms with van der Waals surface area (Å²) in [6.07, 6.45) is -1.45. The molecule has 0 saturated carbocycles. The molecule has 0 N–H and O–H groups in total. The van der Waals surface area contributed by atoms with E-state index in [1.54, 1.807) is 0 Å². The van der Waals surface area contributed by atoms with Gasteiger partial charge in [-0.3, -0.25) is 4.79 Å². The number of piperidine rings is 1. The highest BCUT2D eigenvalue weighted by Crippen LogP contribution is 2.30. The van der Waals surface area contributed by atoms with E-state index in [1.165, 1.54) is 17.0 Å². The quantitative estimate of drug-likeness (QED) is 0.532. The molecule has 1 aliphatic rings. The van der Waals surface area contributed by atoms with Crippen molar-refractivity contribution in [1.29, 1.82) is 0 Å². The third kappa shape index (κ3) is 5.07. The molecule has 172 valence electrons. The van der Waals surface area contributed by atoms with Crippen molar-refractivity contribution in [2.24, 2.45) is 0 Å². The Morgan fingerprint density at radius 2 is 1.79 bits per heavy atom. The molecular formula is C22H17F5N4O2. The normalized spacial score (nSPS) is 16.5. The predicted molar refractivity (Wildman–Crippen MR) is 106 cm³/mol. The van der Waals surface area contributed by atoms with Crippen LogP contribution in [0.15, 0.2) is 48.9 Å². The number of aromatic nitrogens is 3. The molecule has 1 aliphatic heterocycles. The second-order valence-electron chi connectivity index (χ2n) is 7.40. The minimum absolute atomic E-state index is 0.00783. The Balaban J connectivity index is 1.52. The van der Waals surface area contributed by atoms with Gasteiger partial charge in [0.15, 0.2) is 11.6 Å². The largest absolute Gasteiger partial charge is 0.472 e. The molecule has 6 nitrogen and oxygen atoms in total. The van der Waals surface area contributed by atoms with Crippen LogP contribution in [-0.4, -0.2) is 45.0 Å². The first kappa shape index (κ1) is 22.6. The van der Waals surface area contributed by atoms with E-state index in [0.717, 1.165) is 30.6 Å². The molecular weight excluding hydrogens is 447 g/mol. The van der Waals surface area contributed by atoms with Crippen molar-refractivity contribution >= 4 is 5.91 Å². The summed E-state index contributed by atoms with van der Waals surface area (Å²) >= 11 is 0. The highest BCUT2D eigenvalue weighted by molar-refractivity contribution is 6.00. The molecule has 3 aromatic rings. The third-order valence-electron chi connectivity index (χ3n) is 5.10. The Labute approximate surface area is 185 Å². The van der Waals surface area contributed by atoms with E-state index in [-0.39, 0.29) is 29.4 Å². The molecule has 1 atom stereocenters. The zero-order valence-electron chi connectivity index (χ0n) is 17.0. The van der Waals surface area contributed by atoms with E-state index >= 15 is 0 Å². The van der Waals surface area contributed by atoms with Gasteiger partial charge >= 0.3 is 6.18 Å². The van der Waals surface area contributed by atoms with Crippen LogP contribution in [0.4, 0.5) is 22.0 Å². The highest BCUT2D eigenvalue weighted by Gasteiger charge is 2.32. The van der Waals surface area contributed by atoms with E-state index in [1.807, 2.05) is 0 Å². The lowest BCUT2D eigenvalue weighted by Crippen LogP contribution is -2.44. The standard InChI is InChI=1S/C22H17F5N4O2/c23-14-10-29-20(30-11-14)19-16(4-1-5-17(19)24)21(32)31-8-2-3-15(12-31)33-18-7-6-13(9-28-18)22(25,26)27/h1,4-7,9-11,15H,2-3,8,12H2/t15-/m1/s1. The van der Waals surface area contributed by atoms with Crippen LogP contribution < -0.4 is 4.74 Å². The number of rotatable bonds is 4. The number of ether oxygens (including phenoxy) is 1. The summed E-state index contributed by atoms with van der Waals surface area (Å²) in [6, 6.07) is 5.95. The first-order valence-corrected chi connectivity index (χ1v) is 9.98. The number of pyridine rings is 1. The molecule has 0 bridgehead atoms. The number of amides is 1. The Kier molecular flexibility index (Phi) is 6.21. The molecule has 1 aromatic carbocycles. The first-order valence-electron chi connectivity index (χ1n) is 9.98. The van der Waals surface area contributed by atoms with Crippen molar-refractivity contribution < 1.29 is 31.5 Å². The van der Waals surface area contributed by atoms with Gasteiger partial charge in [0.05, 0.1) is 35.6 Å². The van der Waals surface area contributed by atoms with Crippen LogP contribution >= 0.6 is 0 Å². The molecule has 3 heterocycles. The molecule has 1 amide bonds. The minimum Gasteiger partial charge on any atom is -0.472 e. The Bertz CT molecular complexity index is 1140. The average molecular weight is 464 g/mol. The molecule has 0 spiro atoms. The summed E-state index contributed by atoms with van der Waals surface area (Å²) in [4.78, 5) is 25.9. The first-order chi connectivity index (χ1) is 15.7. The summed E-state index contributed by atoms with van der Waals surface area (Å²) < 4.78 is 71.6. The summed E-state index contributed by atoms with van der Waals surface area (Å²) in [6.45, 7) is 0.501. The van der Waals surface area contributed by atoms with Gasteiger partial charge in [-0.05, 0) is 31.0 Å². The molecule has 11 heteroatoms. The van der Waals surface area contributed by atoms with Gasteiger partial charge in [0.1, 0.15) is 11.9 Å². The van der Waals surface area contributed by atoms with Gasteiger partial charge in [0.25, 0.3) is 5.91 Å². The van der Waals surface area contributed by atoms with Crippen molar-refractivity contribution in [2.45, 2.75) is 25.1 Å². The fourth-order valence-electron chi connectivity index (χ4n) is 3.55. The smallest absolute Gasteiger partial charge is 0.417 e. The molecule has 0 unspecified atom stereocenters. The number of halogens is 5. The monoisotopic (exact) mass is 464 g/mol. The second kappa shape index (κ2) is 9.08. The Morgan fingerprint density at radius 3 is 2.45 bits per heavy atom. The fourth-order valence-corrected chi connectivity index (χ4v) is 3.55. The van der Waals surface area contributed by atoms with Crippen molar-refractivity contribution in [1.82, 2.24) is 19.9 Å². The van der Waals surface area contributed by atoms with Crippen molar-refractivity contribution in [3.63, 3.8) is 0 Å². The fraction of sp³-hybridized carbons (Fsp3) is 0.273. The lowest BCUT2D eigenvalue weighted by atomic mass is 10.0. The van der Waals surface area contributed by atoms with Crippen LogP contribution in [0.1, 0.15) is 28.8 Å². The molecule has 1 saturated heterocycles. The maximum Gasteiger partial charge on any atom is 0.417 e. The van der Waals surface area contributed by atoms with Crippen LogP contribution in [0, 0.1) is 11.6 Å². The topological polar surface area (TPSA) is 68.2 Å². The SMILES string of the molecule is O=C(c1cccc(F)c1-c1ncc(F)cn1)N1CCC[C@@H](Oc2ccc(C(F)(F)F)cn2)C1. The minimum atomic E-state index is -4.50. The Morgan fingerprint density at radius 1 is 1.03 bits per heavy atom. The van der Waals surface area contributed by atoms with Gasteiger partial charge in [-0.2, -0.15) is 13.2 Å².